The summed E-state index contributed by atoms with van der Waals surface area (Å²) in [4.78, 5) is 35.5. The number of ether oxygens (including phenoxy) is 2. The van der Waals surface area contributed by atoms with Crippen molar-refractivity contribution in [2.24, 2.45) is 0 Å². The standard InChI is InChI=1S/C19H18FNO5/c1-12(22)16-5-3-4-6-17(16)21-19(24)13(2)26-18(23)11-25-15-9-7-14(20)8-10-15/h3-10,13H,11H2,1-2H3,(H,21,24). The van der Waals surface area contributed by atoms with Gasteiger partial charge in [-0.05, 0) is 50.2 Å². The van der Waals surface area contributed by atoms with Crippen LogP contribution in [-0.2, 0) is 14.3 Å². The van der Waals surface area contributed by atoms with Crippen molar-refractivity contribution < 1.29 is 28.2 Å². The monoisotopic (exact) mass is 359 g/mol. The second-order valence-electron chi connectivity index (χ2n) is 5.47. The van der Waals surface area contributed by atoms with E-state index in [1.54, 1.807) is 24.3 Å². The molecule has 0 aliphatic rings. The van der Waals surface area contributed by atoms with E-state index in [9.17, 15) is 18.8 Å². The summed E-state index contributed by atoms with van der Waals surface area (Å²) in [5, 5.41) is 2.56. The number of carbonyl (C=O) groups excluding carboxylic acids is 3. The first-order valence-electron chi connectivity index (χ1n) is 7.85. The maximum Gasteiger partial charge on any atom is 0.344 e. The molecule has 0 spiro atoms. The van der Waals surface area contributed by atoms with Gasteiger partial charge in [-0.15, -0.1) is 0 Å². The Hall–Kier alpha value is -3.22. The lowest BCUT2D eigenvalue weighted by Crippen LogP contribution is -2.32. The third-order valence-electron chi connectivity index (χ3n) is 3.41. The largest absolute Gasteiger partial charge is 0.482 e. The Bertz CT molecular complexity index is 804. The Labute approximate surface area is 149 Å². The number of anilines is 1. The highest BCUT2D eigenvalue weighted by Gasteiger charge is 2.19. The van der Waals surface area contributed by atoms with Gasteiger partial charge in [-0.25, -0.2) is 9.18 Å². The van der Waals surface area contributed by atoms with E-state index in [1.807, 2.05) is 0 Å². The van der Waals surface area contributed by atoms with E-state index >= 15 is 0 Å². The van der Waals surface area contributed by atoms with Gasteiger partial charge >= 0.3 is 5.97 Å². The average Bonchev–Trinajstić information content (AvgIpc) is 2.61. The van der Waals surface area contributed by atoms with Gasteiger partial charge in [0, 0.05) is 5.56 Å². The molecule has 136 valence electrons. The normalized spacial score (nSPS) is 11.3. The van der Waals surface area contributed by atoms with Gasteiger partial charge < -0.3 is 14.8 Å². The number of nitrogens with one attached hydrogen (secondary N) is 1. The van der Waals surface area contributed by atoms with Gasteiger partial charge in [0.25, 0.3) is 5.91 Å². The van der Waals surface area contributed by atoms with E-state index in [1.165, 1.54) is 38.1 Å². The highest BCUT2D eigenvalue weighted by molar-refractivity contribution is 6.04. The molecule has 1 amide bonds. The van der Waals surface area contributed by atoms with Gasteiger partial charge in [0.2, 0.25) is 0 Å². The van der Waals surface area contributed by atoms with Crippen LogP contribution in [0.25, 0.3) is 0 Å². The van der Waals surface area contributed by atoms with E-state index in [4.69, 9.17) is 9.47 Å². The van der Waals surface area contributed by atoms with Crippen LogP contribution in [0.1, 0.15) is 24.2 Å². The molecule has 1 N–H and O–H groups in total. The Morgan fingerprint density at radius 3 is 2.38 bits per heavy atom. The SMILES string of the molecule is CC(=O)c1ccccc1NC(=O)C(C)OC(=O)COc1ccc(F)cc1. The summed E-state index contributed by atoms with van der Waals surface area (Å²) in [5.74, 6) is -1.64. The number of benzene rings is 2. The van der Waals surface area contributed by atoms with Crippen LogP contribution in [-0.4, -0.2) is 30.4 Å². The lowest BCUT2D eigenvalue weighted by atomic mass is 10.1. The average molecular weight is 359 g/mol. The molecule has 0 aliphatic heterocycles. The summed E-state index contributed by atoms with van der Waals surface area (Å²) in [6.07, 6.45) is -1.08. The van der Waals surface area contributed by atoms with E-state index in [-0.39, 0.29) is 5.78 Å². The molecule has 6 nitrogen and oxygen atoms in total. The molecule has 1 atom stereocenters. The van der Waals surface area contributed by atoms with Crippen molar-refractivity contribution in [1.29, 1.82) is 0 Å². The van der Waals surface area contributed by atoms with Gasteiger partial charge in [0.05, 0.1) is 5.69 Å². The molecule has 0 fully saturated rings. The second-order valence-corrected chi connectivity index (χ2v) is 5.47. The number of hydrogen-bond donors (Lipinski definition) is 1. The van der Waals surface area contributed by atoms with Gasteiger partial charge in [0.1, 0.15) is 11.6 Å². The molecule has 0 saturated heterocycles. The zero-order valence-corrected chi connectivity index (χ0v) is 14.3. The maximum atomic E-state index is 12.8. The van der Waals surface area contributed by atoms with Crippen LogP contribution in [0.5, 0.6) is 5.75 Å². The van der Waals surface area contributed by atoms with Crippen LogP contribution in [0, 0.1) is 5.82 Å². The molecule has 0 aromatic heterocycles. The number of carbonyl (C=O) groups is 3. The highest BCUT2D eigenvalue weighted by Crippen LogP contribution is 2.16. The molecule has 2 rings (SSSR count). The summed E-state index contributed by atoms with van der Waals surface area (Å²) < 4.78 is 22.9. The molecule has 26 heavy (non-hydrogen) atoms. The van der Waals surface area contributed by atoms with Gasteiger partial charge in [0.15, 0.2) is 18.5 Å². The summed E-state index contributed by atoms with van der Waals surface area (Å²) >= 11 is 0. The van der Waals surface area contributed by atoms with Crippen molar-refractivity contribution in [3.05, 3.63) is 59.9 Å². The summed E-state index contributed by atoms with van der Waals surface area (Å²) in [5.41, 5.74) is 0.703. The van der Waals surface area contributed by atoms with Crippen molar-refractivity contribution in [1.82, 2.24) is 0 Å². The summed E-state index contributed by atoms with van der Waals surface area (Å²) in [6, 6.07) is 11.7. The van der Waals surface area contributed by atoms with Gasteiger partial charge in [-0.2, -0.15) is 0 Å². The minimum absolute atomic E-state index is 0.196. The van der Waals surface area contributed by atoms with Crippen LogP contribution in [0.3, 0.4) is 0 Å². The van der Waals surface area contributed by atoms with E-state index in [0.717, 1.165) is 0 Å². The first-order chi connectivity index (χ1) is 12.4. The fourth-order valence-corrected chi connectivity index (χ4v) is 2.09. The fourth-order valence-electron chi connectivity index (χ4n) is 2.09. The predicted molar refractivity (Wildman–Crippen MR) is 92.5 cm³/mol. The number of halogens is 1. The van der Waals surface area contributed by atoms with Crippen LogP contribution >= 0.6 is 0 Å². The molecule has 1 unspecified atom stereocenters. The second kappa shape index (κ2) is 8.75. The molecule has 0 heterocycles. The molecule has 7 heteroatoms. The molecular formula is C19H18FNO5. The first-order valence-corrected chi connectivity index (χ1v) is 7.85. The van der Waals surface area contributed by atoms with Crippen LogP contribution in [0.15, 0.2) is 48.5 Å². The number of para-hydroxylation sites is 1. The van der Waals surface area contributed by atoms with Crippen molar-refractivity contribution in [3.63, 3.8) is 0 Å². The zero-order valence-electron chi connectivity index (χ0n) is 14.3. The zero-order chi connectivity index (χ0) is 19.1. The fraction of sp³-hybridized carbons (Fsp3) is 0.211. The maximum absolute atomic E-state index is 12.8. The molecule has 2 aromatic carbocycles. The quantitative estimate of drug-likeness (QED) is 0.607. The smallest absolute Gasteiger partial charge is 0.344 e. The Morgan fingerprint density at radius 2 is 1.73 bits per heavy atom. The minimum atomic E-state index is -1.08. The van der Waals surface area contributed by atoms with E-state index in [2.05, 4.69) is 5.32 Å². The number of amides is 1. The van der Waals surface area contributed by atoms with Crippen molar-refractivity contribution >= 4 is 23.3 Å². The first kappa shape index (κ1) is 19.1. The Balaban J connectivity index is 1.87. The van der Waals surface area contributed by atoms with Crippen LogP contribution in [0.2, 0.25) is 0 Å². The minimum Gasteiger partial charge on any atom is -0.482 e. The molecule has 2 aromatic rings. The topological polar surface area (TPSA) is 81.7 Å². The molecule has 0 aliphatic carbocycles. The number of esters is 1. The van der Waals surface area contributed by atoms with Crippen molar-refractivity contribution in [2.75, 3.05) is 11.9 Å². The molecule has 0 saturated carbocycles. The van der Waals surface area contributed by atoms with Crippen LogP contribution < -0.4 is 10.1 Å². The number of hydrogen-bond acceptors (Lipinski definition) is 5. The molecule has 0 bridgehead atoms. The van der Waals surface area contributed by atoms with E-state index in [0.29, 0.717) is 17.0 Å². The third kappa shape index (κ3) is 5.41. The number of ketones is 1. The van der Waals surface area contributed by atoms with Crippen LogP contribution in [0.4, 0.5) is 10.1 Å². The van der Waals surface area contributed by atoms with E-state index < -0.39 is 30.4 Å². The summed E-state index contributed by atoms with van der Waals surface area (Å²) in [6.45, 7) is 2.37. The Kier molecular flexibility index (Phi) is 6.43. The lowest BCUT2D eigenvalue weighted by molar-refractivity contribution is -0.155. The highest BCUT2D eigenvalue weighted by atomic mass is 19.1. The number of rotatable bonds is 7. The number of Topliss-reactive ketones (excluding diaryl/α,β-unsaturated/α-hetero) is 1. The predicted octanol–water partition coefficient (Wildman–Crippen LogP) is 2.98. The van der Waals surface area contributed by atoms with Crippen molar-refractivity contribution in [2.45, 2.75) is 20.0 Å². The third-order valence-corrected chi connectivity index (χ3v) is 3.41. The molecular weight excluding hydrogens is 341 g/mol. The van der Waals surface area contributed by atoms with Gasteiger partial charge in [-0.1, -0.05) is 12.1 Å². The summed E-state index contributed by atoms with van der Waals surface area (Å²) in [7, 11) is 0. The Morgan fingerprint density at radius 1 is 1.08 bits per heavy atom. The molecule has 0 radical (unpaired) electrons. The van der Waals surface area contributed by atoms with Crippen molar-refractivity contribution in [3.8, 4) is 5.75 Å². The lowest BCUT2D eigenvalue weighted by Gasteiger charge is -2.15. The van der Waals surface area contributed by atoms with Gasteiger partial charge in [-0.3, -0.25) is 9.59 Å².